The molecular weight excluding hydrogens is 302 g/mol. The standard InChI is InChI=1S/C20H25NOS/c1-4-12-9-13-10-16(20(13,2)3)18(12)21-19(22)15-11-23-17-8-6-5-7-14(15)17/h5-8,11-13,16,18H,4,9-10H2,1-3H3,(H,21,22)/t12-,13+,16+,18+/m0/s1. The predicted molar refractivity (Wildman–Crippen MR) is 96.9 cm³/mol. The second kappa shape index (κ2) is 5.34. The van der Waals surface area contributed by atoms with E-state index in [0.717, 1.165) is 16.9 Å². The molecule has 1 aromatic carbocycles. The fourth-order valence-electron chi connectivity index (χ4n) is 4.93. The van der Waals surface area contributed by atoms with Crippen molar-refractivity contribution >= 4 is 27.3 Å². The number of nitrogens with one attached hydrogen (secondary N) is 1. The Balaban J connectivity index is 1.60. The van der Waals surface area contributed by atoms with Crippen LogP contribution in [-0.2, 0) is 0 Å². The molecule has 1 heterocycles. The Morgan fingerprint density at radius 2 is 2.09 bits per heavy atom. The van der Waals surface area contributed by atoms with Crippen molar-refractivity contribution in [3.63, 3.8) is 0 Å². The Morgan fingerprint density at radius 1 is 1.30 bits per heavy atom. The molecule has 23 heavy (non-hydrogen) atoms. The number of hydrogen-bond acceptors (Lipinski definition) is 2. The molecule has 122 valence electrons. The normalized spacial score (nSPS) is 31.6. The van der Waals surface area contributed by atoms with E-state index in [0.29, 0.717) is 23.3 Å². The van der Waals surface area contributed by atoms with Crippen molar-refractivity contribution in [2.24, 2.45) is 23.2 Å². The summed E-state index contributed by atoms with van der Waals surface area (Å²) in [6.45, 7) is 7.04. The van der Waals surface area contributed by atoms with E-state index < -0.39 is 0 Å². The van der Waals surface area contributed by atoms with Gasteiger partial charge in [0.2, 0.25) is 0 Å². The van der Waals surface area contributed by atoms with Gasteiger partial charge in [0.05, 0.1) is 5.56 Å². The molecule has 1 amide bonds. The first-order valence-electron chi connectivity index (χ1n) is 8.79. The minimum Gasteiger partial charge on any atom is -0.349 e. The lowest BCUT2D eigenvalue weighted by atomic mass is 9.44. The van der Waals surface area contributed by atoms with E-state index in [2.05, 4.69) is 38.2 Å². The molecule has 1 N–H and O–H groups in total. The van der Waals surface area contributed by atoms with Crippen molar-refractivity contribution in [2.75, 3.05) is 0 Å². The molecule has 3 heteroatoms. The summed E-state index contributed by atoms with van der Waals surface area (Å²) in [6.07, 6.45) is 3.73. The molecule has 0 unspecified atom stereocenters. The van der Waals surface area contributed by atoms with Crippen LogP contribution >= 0.6 is 11.3 Å². The minimum absolute atomic E-state index is 0.118. The van der Waals surface area contributed by atoms with Crippen LogP contribution < -0.4 is 5.32 Å². The summed E-state index contributed by atoms with van der Waals surface area (Å²) in [7, 11) is 0. The fraction of sp³-hybridized carbons (Fsp3) is 0.550. The van der Waals surface area contributed by atoms with Crippen LogP contribution in [-0.4, -0.2) is 11.9 Å². The lowest BCUT2D eigenvalue weighted by Crippen LogP contribution is -2.63. The fourth-order valence-corrected chi connectivity index (χ4v) is 5.87. The van der Waals surface area contributed by atoms with Crippen molar-refractivity contribution in [1.29, 1.82) is 0 Å². The second-order valence-corrected chi connectivity index (χ2v) is 8.82. The number of hydrogen-bond donors (Lipinski definition) is 1. The van der Waals surface area contributed by atoms with Crippen molar-refractivity contribution in [3.8, 4) is 0 Å². The molecule has 3 fully saturated rings. The maximum absolute atomic E-state index is 12.9. The summed E-state index contributed by atoms with van der Waals surface area (Å²) in [5, 5.41) is 6.53. The van der Waals surface area contributed by atoms with E-state index in [4.69, 9.17) is 0 Å². The van der Waals surface area contributed by atoms with Gasteiger partial charge in [-0.25, -0.2) is 0 Å². The topological polar surface area (TPSA) is 29.1 Å². The van der Waals surface area contributed by atoms with E-state index in [1.807, 2.05) is 17.5 Å². The van der Waals surface area contributed by atoms with Crippen LogP contribution in [0.1, 0.15) is 50.4 Å². The first-order valence-corrected chi connectivity index (χ1v) is 9.67. The third-order valence-electron chi connectivity index (χ3n) is 6.62. The third kappa shape index (κ3) is 2.24. The van der Waals surface area contributed by atoms with Gasteiger partial charge in [0, 0.05) is 21.5 Å². The lowest BCUT2D eigenvalue weighted by molar-refractivity contribution is -0.112. The van der Waals surface area contributed by atoms with Crippen molar-refractivity contribution < 1.29 is 4.79 Å². The Labute approximate surface area is 142 Å². The molecule has 2 nitrogen and oxygen atoms in total. The smallest absolute Gasteiger partial charge is 0.252 e. The predicted octanol–water partition coefficient (Wildman–Crippen LogP) is 5.09. The summed E-state index contributed by atoms with van der Waals surface area (Å²) in [5.41, 5.74) is 1.24. The van der Waals surface area contributed by atoms with Crippen molar-refractivity contribution in [2.45, 2.75) is 46.1 Å². The maximum atomic E-state index is 12.9. The van der Waals surface area contributed by atoms with Gasteiger partial charge in [-0.15, -0.1) is 11.3 Å². The van der Waals surface area contributed by atoms with Crippen LogP contribution in [0.4, 0.5) is 0 Å². The van der Waals surface area contributed by atoms with Crippen LogP contribution in [0, 0.1) is 23.2 Å². The molecule has 4 atom stereocenters. The summed E-state index contributed by atoms with van der Waals surface area (Å²) >= 11 is 1.66. The number of amides is 1. The van der Waals surface area contributed by atoms with Crippen LogP contribution in [0.5, 0.6) is 0 Å². The average molecular weight is 327 g/mol. The summed E-state index contributed by atoms with van der Waals surface area (Å²) in [4.78, 5) is 12.9. The van der Waals surface area contributed by atoms with E-state index in [9.17, 15) is 4.79 Å². The number of carbonyl (C=O) groups is 1. The van der Waals surface area contributed by atoms with E-state index in [1.165, 1.54) is 24.0 Å². The SMILES string of the molecule is CC[C@H]1C[C@@H]2C[C@H]([C@@H]1NC(=O)c1csc3ccccc13)C2(C)C. The number of benzene rings is 1. The van der Waals surface area contributed by atoms with Gasteiger partial charge in [-0.3, -0.25) is 4.79 Å². The zero-order chi connectivity index (χ0) is 16.2. The summed E-state index contributed by atoms with van der Waals surface area (Å²) in [6, 6.07) is 8.53. The molecule has 0 aliphatic heterocycles. The molecule has 2 bridgehead atoms. The molecular formula is C20H25NOS. The van der Waals surface area contributed by atoms with Crippen LogP contribution in [0.15, 0.2) is 29.6 Å². The highest BCUT2D eigenvalue weighted by molar-refractivity contribution is 7.17. The molecule has 0 spiro atoms. The molecule has 0 saturated heterocycles. The highest BCUT2D eigenvalue weighted by Crippen LogP contribution is 2.61. The minimum atomic E-state index is 0.118. The van der Waals surface area contributed by atoms with Gasteiger partial charge >= 0.3 is 0 Å². The van der Waals surface area contributed by atoms with Crippen LogP contribution in [0.25, 0.3) is 10.1 Å². The highest BCUT2D eigenvalue weighted by atomic mass is 32.1. The number of rotatable bonds is 3. The Kier molecular flexibility index (Phi) is 3.53. The Morgan fingerprint density at radius 3 is 2.83 bits per heavy atom. The molecule has 3 aliphatic carbocycles. The van der Waals surface area contributed by atoms with Crippen LogP contribution in [0.3, 0.4) is 0 Å². The largest absolute Gasteiger partial charge is 0.349 e. The average Bonchev–Trinajstić information content (AvgIpc) is 2.98. The van der Waals surface area contributed by atoms with Crippen molar-refractivity contribution in [3.05, 3.63) is 35.2 Å². The molecule has 5 rings (SSSR count). The summed E-state index contributed by atoms with van der Waals surface area (Å²) in [5.74, 6) is 2.25. The summed E-state index contributed by atoms with van der Waals surface area (Å²) < 4.78 is 1.19. The lowest BCUT2D eigenvalue weighted by Gasteiger charge is -2.62. The monoisotopic (exact) mass is 327 g/mol. The van der Waals surface area contributed by atoms with Gasteiger partial charge in [0.25, 0.3) is 5.91 Å². The number of fused-ring (bicyclic) bond motifs is 3. The quantitative estimate of drug-likeness (QED) is 0.835. The Bertz CT molecular complexity index is 747. The first-order chi connectivity index (χ1) is 11.0. The number of thiophene rings is 1. The maximum Gasteiger partial charge on any atom is 0.252 e. The van der Waals surface area contributed by atoms with E-state index in [1.54, 1.807) is 11.3 Å². The molecule has 3 saturated carbocycles. The first kappa shape index (κ1) is 15.2. The van der Waals surface area contributed by atoms with Gasteiger partial charge in [0.1, 0.15) is 0 Å². The zero-order valence-corrected chi connectivity index (χ0v) is 15.0. The third-order valence-corrected chi connectivity index (χ3v) is 7.59. The van der Waals surface area contributed by atoms with Gasteiger partial charge in [-0.1, -0.05) is 45.4 Å². The highest BCUT2D eigenvalue weighted by Gasteiger charge is 2.57. The number of carbonyl (C=O) groups excluding carboxylic acids is 1. The van der Waals surface area contributed by atoms with Gasteiger partial charge in [-0.2, -0.15) is 0 Å². The molecule has 1 aromatic heterocycles. The van der Waals surface area contributed by atoms with Gasteiger partial charge in [0.15, 0.2) is 0 Å². The van der Waals surface area contributed by atoms with Crippen LogP contribution in [0.2, 0.25) is 0 Å². The zero-order valence-electron chi connectivity index (χ0n) is 14.1. The molecule has 0 radical (unpaired) electrons. The van der Waals surface area contributed by atoms with Gasteiger partial charge in [-0.05, 0) is 42.1 Å². The van der Waals surface area contributed by atoms with Gasteiger partial charge < -0.3 is 5.32 Å². The van der Waals surface area contributed by atoms with Crippen molar-refractivity contribution in [1.82, 2.24) is 5.32 Å². The second-order valence-electron chi connectivity index (χ2n) is 7.91. The van der Waals surface area contributed by atoms with E-state index >= 15 is 0 Å². The van der Waals surface area contributed by atoms with E-state index in [-0.39, 0.29) is 5.91 Å². The Hall–Kier alpha value is -1.35. The molecule has 3 aliphatic rings. The molecule has 2 aromatic rings.